The van der Waals surface area contributed by atoms with Gasteiger partial charge >= 0.3 is 0 Å². The van der Waals surface area contributed by atoms with Gasteiger partial charge in [-0.05, 0) is 80.1 Å². The summed E-state index contributed by atoms with van der Waals surface area (Å²) < 4.78 is 13.3. The summed E-state index contributed by atoms with van der Waals surface area (Å²) in [6.45, 7) is 4.07. The molecule has 3 heterocycles. The Morgan fingerprint density at radius 1 is 1.11 bits per heavy atom. The number of anilines is 1. The number of likely N-dealkylation sites (tertiary alicyclic amines) is 2. The Hall–Kier alpha value is -2.74. The Morgan fingerprint density at radius 2 is 1.86 bits per heavy atom. The van der Waals surface area contributed by atoms with E-state index in [-0.39, 0.29) is 11.7 Å². The molecular weight excluding hydrogens is 457 g/mol. The lowest BCUT2D eigenvalue weighted by Gasteiger charge is -2.43. The summed E-state index contributed by atoms with van der Waals surface area (Å²) in [6.07, 6.45) is 5.06. The summed E-state index contributed by atoms with van der Waals surface area (Å²) in [5, 5.41) is 25.6. The molecule has 5 rings (SSSR count). The number of amides is 1. The van der Waals surface area contributed by atoms with Gasteiger partial charge in [0.15, 0.2) is 0 Å². The number of nitrogens with one attached hydrogen (secondary N) is 1. The molecule has 0 aliphatic carbocycles. The minimum Gasteiger partial charge on any atom is -0.389 e. The average Bonchev–Trinajstić information content (AvgIpc) is 3.32. The summed E-state index contributed by atoms with van der Waals surface area (Å²) in [4.78, 5) is 16.5. The predicted molar refractivity (Wildman–Crippen MR) is 139 cm³/mol. The normalized spacial score (nSPS) is 23.4. The molecule has 2 unspecified atom stereocenters. The number of benzene rings is 2. The van der Waals surface area contributed by atoms with Crippen molar-refractivity contribution in [3.63, 3.8) is 0 Å². The third kappa shape index (κ3) is 5.48. The van der Waals surface area contributed by atoms with Gasteiger partial charge in [-0.3, -0.25) is 4.79 Å². The third-order valence-electron chi connectivity index (χ3n) is 8.33. The number of rotatable bonds is 6. The quantitative estimate of drug-likeness (QED) is 0.538. The number of hydrogen-bond acceptors (Lipinski definition) is 5. The molecule has 0 bridgehead atoms. The number of fused-ring (bicyclic) bond motifs is 1. The van der Waals surface area contributed by atoms with Crippen LogP contribution >= 0.6 is 0 Å². The summed E-state index contributed by atoms with van der Waals surface area (Å²) in [5.74, 6) is 0.675. The zero-order chi connectivity index (χ0) is 25.1. The first-order chi connectivity index (χ1) is 17.4. The SMILES string of the molecule is O=C(/C=C/c1cccc(F)c1)N1CCC(O)(C(O)CN2CCC(C3CNc4ccccc43)CC2)CC1. The molecule has 2 atom stereocenters. The van der Waals surface area contributed by atoms with Crippen molar-refractivity contribution in [2.75, 3.05) is 44.6 Å². The topological polar surface area (TPSA) is 76.0 Å². The number of carbonyl (C=O) groups excluding carboxylic acids is 1. The maximum atomic E-state index is 13.3. The molecule has 3 aliphatic heterocycles. The van der Waals surface area contributed by atoms with E-state index in [2.05, 4.69) is 34.5 Å². The van der Waals surface area contributed by atoms with Crippen LogP contribution in [0.2, 0.25) is 0 Å². The molecule has 2 fully saturated rings. The number of carbonyl (C=O) groups is 1. The molecular formula is C29H36FN3O3. The van der Waals surface area contributed by atoms with E-state index in [1.165, 1.54) is 29.5 Å². The van der Waals surface area contributed by atoms with Crippen LogP contribution in [0.3, 0.4) is 0 Å². The average molecular weight is 494 g/mol. The van der Waals surface area contributed by atoms with Gasteiger partial charge in [0, 0.05) is 43.9 Å². The van der Waals surface area contributed by atoms with Crippen molar-refractivity contribution in [2.24, 2.45) is 5.92 Å². The highest BCUT2D eigenvalue weighted by Crippen LogP contribution is 2.40. The first kappa shape index (κ1) is 24.9. The monoisotopic (exact) mass is 493 g/mol. The molecule has 3 aliphatic rings. The largest absolute Gasteiger partial charge is 0.389 e. The van der Waals surface area contributed by atoms with Gasteiger partial charge in [0.2, 0.25) is 5.91 Å². The lowest BCUT2D eigenvalue weighted by atomic mass is 9.80. The second kappa shape index (κ2) is 10.7. The second-order valence-electron chi connectivity index (χ2n) is 10.5. The van der Waals surface area contributed by atoms with Crippen LogP contribution in [0.25, 0.3) is 6.08 Å². The summed E-state index contributed by atoms with van der Waals surface area (Å²) >= 11 is 0. The molecule has 0 saturated carbocycles. The first-order valence-corrected chi connectivity index (χ1v) is 13.1. The van der Waals surface area contributed by atoms with Gasteiger partial charge in [-0.2, -0.15) is 0 Å². The zero-order valence-corrected chi connectivity index (χ0v) is 20.7. The van der Waals surface area contributed by atoms with E-state index in [1.807, 2.05) is 0 Å². The molecule has 2 aromatic carbocycles. The lowest BCUT2D eigenvalue weighted by molar-refractivity contribution is -0.140. The van der Waals surface area contributed by atoms with Crippen LogP contribution in [0.4, 0.5) is 10.1 Å². The fourth-order valence-corrected chi connectivity index (χ4v) is 6.01. The fourth-order valence-electron chi connectivity index (χ4n) is 6.01. The molecule has 2 aromatic rings. The number of aliphatic hydroxyl groups is 2. The number of β-amino-alcohol motifs (C(OH)–C–C–N with tert-alkyl or cyclic N) is 1. The highest BCUT2D eigenvalue weighted by molar-refractivity contribution is 5.91. The Morgan fingerprint density at radius 3 is 2.61 bits per heavy atom. The molecule has 2 saturated heterocycles. The highest BCUT2D eigenvalue weighted by atomic mass is 19.1. The Labute approximate surface area is 212 Å². The third-order valence-corrected chi connectivity index (χ3v) is 8.33. The first-order valence-electron chi connectivity index (χ1n) is 13.1. The fraction of sp³-hybridized carbons (Fsp3) is 0.483. The van der Waals surface area contributed by atoms with Crippen molar-refractivity contribution in [3.05, 3.63) is 71.6 Å². The van der Waals surface area contributed by atoms with Crippen molar-refractivity contribution < 1.29 is 19.4 Å². The van der Waals surface area contributed by atoms with Crippen molar-refractivity contribution in [2.45, 2.75) is 43.3 Å². The zero-order valence-electron chi connectivity index (χ0n) is 20.7. The minimum absolute atomic E-state index is 0.166. The lowest BCUT2D eigenvalue weighted by Crippen LogP contribution is -2.56. The van der Waals surface area contributed by atoms with Crippen LogP contribution in [0.15, 0.2) is 54.6 Å². The van der Waals surface area contributed by atoms with E-state index < -0.39 is 11.7 Å². The van der Waals surface area contributed by atoms with Gasteiger partial charge in [0.25, 0.3) is 0 Å². The van der Waals surface area contributed by atoms with Gasteiger partial charge in [0.05, 0.1) is 11.7 Å². The summed E-state index contributed by atoms with van der Waals surface area (Å²) in [6, 6.07) is 14.7. The van der Waals surface area contributed by atoms with E-state index in [0.717, 1.165) is 32.5 Å². The standard InChI is InChI=1S/C29H36FN3O3/c30-23-5-3-4-21(18-23)8-9-28(35)33-16-12-29(36,13-17-33)27(34)20-32-14-10-22(11-15-32)25-19-31-26-7-2-1-6-24(25)26/h1-9,18,22,25,27,31,34,36H,10-17,19-20H2/b9-8+. The minimum atomic E-state index is -1.19. The predicted octanol–water partition coefficient (Wildman–Crippen LogP) is 3.47. The molecule has 6 nitrogen and oxygen atoms in total. The van der Waals surface area contributed by atoms with Crippen LogP contribution in [-0.4, -0.2) is 76.9 Å². The van der Waals surface area contributed by atoms with E-state index in [4.69, 9.17) is 0 Å². The second-order valence-corrected chi connectivity index (χ2v) is 10.5. The molecule has 7 heteroatoms. The van der Waals surface area contributed by atoms with Crippen LogP contribution in [0.1, 0.15) is 42.7 Å². The van der Waals surface area contributed by atoms with Crippen LogP contribution in [0.5, 0.6) is 0 Å². The number of piperidine rings is 2. The van der Waals surface area contributed by atoms with Gasteiger partial charge in [-0.25, -0.2) is 4.39 Å². The number of nitrogens with zero attached hydrogens (tertiary/aromatic N) is 2. The van der Waals surface area contributed by atoms with Gasteiger partial charge in [0.1, 0.15) is 5.82 Å². The molecule has 0 radical (unpaired) electrons. The smallest absolute Gasteiger partial charge is 0.246 e. The Kier molecular flexibility index (Phi) is 7.42. The molecule has 1 amide bonds. The van der Waals surface area contributed by atoms with Gasteiger partial charge in [-0.1, -0.05) is 30.3 Å². The Balaban J connectivity index is 1.08. The number of hydrogen-bond donors (Lipinski definition) is 3. The maximum Gasteiger partial charge on any atom is 0.246 e. The summed E-state index contributed by atoms with van der Waals surface area (Å²) in [7, 11) is 0. The molecule has 192 valence electrons. The Bertz CT molecular complexity index is 1090. The molecule has 0 spiro atoms. The molecule has 36 heavy (non-hydrogen) atoms. The van der Waals surface area contributed by atoms with Crippen LogP contribution < -0.4 is 5.32 Å². The van der Waals surface area contributed by atoms with Gasteiger partial charge < -0.3 is 25.3 Å². The van der Waals surface area contributed by atoms with Crippen molar-refractivity contribution in [1.82, 2.24) is 9.80 Å². The van der Waals surface area contributed by atoms with Gasteiger partial charge in [-0.15, -0.1) is 0 Å². The van der Waals surface area contributed by atoms with E-state index in [0.29, 0.717) is 49.9 Å². The van der Waals surface area contributed by atoms with E-state index >= 15 is 0 Å². The summed E-state index contributed by atoms with van der Waals surface area (Å²) in [5.41, 5.74) is 2.13. The molecule has 0 aromatic heterocycles. The van der Waals surface area contributed by atoms with Crippen LogP contribution in [0, 0.1) is 11.7 Å². The van der Waals surface area contributed by atoms with Crippen molar-refractivity contribution in [3.8, 4) is 0 Å². The van der Waals surface area contributed by atoms with Crippen molar-refractivity contribution >= 4 is 17.7 Å². The maximum absolute atomic E-state index is 13.3. The highest BCUT2D eigenvalue weighted by Gasteiger charge is 2.41. The molecule has 3 N–H and O–H groups in total. The number of halogens is 1. The van der Waals surface area contributed by atoms with Crippen molar-refractivity contribution in [1.29, 1.82) is 0 Å². The van der Waals surface area contributed by atoms with E-state index in [1.54, 1.807) is 23.1 Å². The number of para-hydroxylation sites is 1. The van der Waals surface area contributed by atoms with E-state index in [9.17, 15) is 19.4 Å². The number of aliphatic hydroxyl groups excluding tert-OH is 1. The van der Waals surface area contributed by atoms with Crippen LogP contribution in [-0.2, 0) is 4.79 Å².